The predicted octanol–water partition coefficient (Wildman–Crippen LogP) is 2.15. The van der Waals surface area contributed by atoms with E-state index in [1.165, 1.54) is 0 Å². The fraction of sp³-hybridized carbons (Fsp3) is 0.571. The van der Waals surface area contributed by atoms with E-state index < -0.39 is 9.84 Å². The van der Waals surface area contributed by atoms with E-state index in [2.05, 4.69) is 10.00 Å². The van der Waals surface area contributed by atoms with Gasteiger partial charge < -0.3 is 4.57 Å². The Bertz CT molecular complexity index is 836. The highest BCUT2D eigenvalue weighted by Gasteiger charge is 2.32. The molecule has 0 saturated carbocycles. The van der Waals surface area contributed by atoms with Crippen molar-refractivity contribution < 1.29 is 8.42 Å². The second kappa shape index (κ2) is 6.46. The molecular formula is C14H20N4O2S3. The zero-order valence-corrected chi connectivity index (χ0v) is 15.6. The number of hydrogen-bond donors (Lipinski definition) is 0. The van der Waals surface area contributed by atoms with Crippen LogP contribution in [0, 0.1) is 4.77 Å². The summed E-state index contributed by atoms with van der Waals surface area (Å²) in [6.45, 7) is 3.33. The lowest BCUT2D eigenvalue weighted by molar-refractivity contribution is 0.164. The van der Waals surface area contributed by atoms with Crippen LogP contribution in [0.3, 0.4) is 0 Å². The highest BCUT2D eigenvalue weighted by Crippen LogP contribution is 2.23. The Morgan fingerprint density at radius 3 is 2.87 bits per heavy atom. The average molecular weight is 373 g/mol. The van der Waals surface area contributed by atoms with Crippen molar-refractivity contribution >= 4 is 33.4 Å². The molecule has 3 rings (SSSR count). The SMILES string of the molecule is CCN(Cn1nc(-c2cccs2)n(C)c1=S)[C@@H]1CCS(=O)(=O)C1. The number of aromatic nitrogens is 3. The Morgan fingerprint density at radius 2 is 2.30 bits per heavy atom. The van der Waals surface area contributed by atoms with E-state index in [1.807, 2.05) is 36.1 Å². The summed E-state index contributed by atoms with van der Waals surface area (Å²) >= 11 is 7.12. The van der Waals surface area contributed by atoms with E-state index >= 15 is 0 Å². The zero-order valence-electron chi connectivity index (χ0n) is 13.2. The van der Waals surface area contributed by atoms with Gasteiger partial charge in [0.05, 0.1) is 23.1 Å². The van der Waals surface area contributed by atoms with E-state index in [-0.39, 0.29) is 17.5 Å². The van der Waals surface area contributed by atoms with Crippen LogP contribution in [0.5, 0.6) is 0 Å². The molecule has 2 aromatic heterocycles. The third kappa shape index (κ3) is 3.42. The fourth-order valence-electron chi connectivity index (χ4n) is 2.91. The molecule has 126 valence electrons. The Morgan fingerprint density at radius 1 is 1.52 bits per heavy atom. The average Bonchev–Trinajstić information content (AvgIpc) is 3.20. The summed E-state index contributed by atoms with van der Waals surface area (Å²) in [5.74, 6) is 1.36. The highest BCUT2D eigenvalue weighted by atomic mass is 32.2. The molecule has 6 nitrogen and oxygen atoms in total. The van der Waals surface area contributed by atoms with Gasteiger partial charge in [0.25, 0.3) is 0 Å². The molecular weight excluding hydrogens is 352 g/mol. The van der Waals surface area contributed by atoms with Gasteiger partial charge in [-0.2, -0.15) is 0 Å². The Kier molecular flexibility index (Phi) is 4.73. The predicted molar refractivity (Wildman–Crippen MR) is 94.8 cm³/mol. The monoisotopic (exact) mass is 372 g/mol. The smallest absolute Gasteiger partial charge is 0.199 e. The van der Waals surface area contributed by atoms with Gasteiger partial charge in [0.2, 0.25) is 0 Å². The molecule has 3 heterocycles. The van der Waals surface area contributed by atoms with Gasteiger partial charge in [-0.25, -0.2) is 13.1 Å². The summed E-state index contributed by atoms with van der Waals surface area (Å²) in [4.78, 5) is 3.22. The van der Waals surface area contributed by atoms with Crippen LogP contribution in [0.25, 0.3) is 10.7 Å². The largest absolute Gasteiger partial charge is 0.302 e. The van der Waals surface area contributed by atoms with E-state index in [0.29, 0.717) is 17.9 Å². The topological polar surface area (TPSA) is 60.1 Å². The molecule has 0 unspecified atom stereocenters. The van der Waals surface area contributed by atoms with Gasteiger partial charge in [-0.3, -0.25) is 4.90 Å². The number of nitrogens with zero attached hydrogens (tertiary/aromatic N) is 4. The molecule has 2 aromatic rings. The van der Waals surface area contributed by atoms with Crippen LogP contribution in [-0.4, -0.2) is 51.8 Å². The molecule has 1 fully saturated rings. The maximum absolute atomic E-state index is 11.7. The molecule has 0 aromatic carbocycles. The second-order valence-corrected chi connectivity index (χ2v) is 9.29. The lowest BCUT2D eigenvalue weighted by atomic mass is 10.2. The van der Waals surface area contributed by atoms with Crippen molar-refractivity contribution in [3.63, 3.8) is 0 Å². The minimum absolute atomic E-state index is 0.0547. The zero-order chi connectivity index (χ0) is 16.6. The van der Waals surface area contributed by atoms with Gasteiger partial charge in [0, 0.05) is 13.1 Å². The molecule has 1 atom stereocenters. The minimum Gasteiger partial charge on any atom is -0.302 e. The Hall–Kier alpha value is -1.03. The van der Waals surface area contributed by atoms with Gasteiger partial charge in [-0.15, -0.1) is 16.4 Å². The molecule has 0 N–H and O–H groups in total. The first kappa shape index (κ1) is 16.8. The van der Waals surface area contributed by atoms with Crippen LogP contribution in [-0.2, 0) is 23.6 Å². The van der Waals surface area contributed by atoms with Crippen molar-refractivity contribution in [2.24, 2.45) is 7.05 Å². The maximum atomic E-state index is 11.7. The van der Waals surface area contributed by atoms with Crippen molar-refractivity contribution in [3.8, 4) is 10.7 Å². The van der Waals surface area contributed by atoms with E-state index in [1.54, 1.807) is 16.0 Å². The van der Waals surface area contributed by atoms with Crippen LogP contribution in [0.4, 0.5) is 0 Å². The van der Waals surface area contributed by atoms with Crippen LogP contribution >= 0.6 is 23.6 Å². The van der Waals surface area contributed by atoms with Crippen LogP contribution < -0.4 is 0 Å². The first-order valence-electron chi connectivity index (χ1n) is 7.53. The molecule has 9 heteroatoms. The number of thiophene rings is 1. The van der Waals surface area contributed by atoms with Crippen LogP contribution in [0.15, 0.2) is 17.5 Å². The fourth-order valence-corrected chi connectivity index (χ4v) is 5.60. The molecule has 1 saturated heterocycles. The van der Waals surface area contributed by atoms with Crippen LogP contribution in [0.2, 0.25) is 0 Å². The van der Waals surface area contributed by atoms with Crippen molar-refractivity contribution in [3.05, 3.63) is 22.3 Å². The lowest BCUT2D eigenvalue weighted by Gasteiger charge is -2.25. The summed E-state index contributed by atoms with van der Waals surface area (Å²) in [6, 6.07) is 4.07. The summed E-state index contributed by atoms with van der Waals surface area (Å²) in [5, 5.41) is 6.66. The van der Waals surface area contributed by atoms with E-state index in [9.17, 15) is 8.42 Å². The van der Waals surface area contributed by atoms with Gasteiger partial charge in [-0.05, 0) is 36.6 Å². The first-order chi connectivity index (χ1) is 10.9. The third-order valence-corrected chi connectivity index (χ3v) is 7.33. The summed E-state index contributed by atoms with van der Waals surface area (Å²) in [6.07, 6.45) is 0.689. The molecule has 0 radical (unpaired) electrons. The lowest BCUT2D eigenvalue weighted by Crippen LogP contribution is -2.37. The summed E-state index contributed by atoms with van der Waals surface area (Å²) < 4.78 is 27.8. The molecule has 0 spiro atoms. The Labute approximate surface area is 145 Å². The highest BCUT2D eigenvalue weighted by molar-refractivity contribution is 7.91. The van der Waals surface area contributed by atoms with Gasteiger partial charge in [-0.1, -0.05) is 13.0 Å². The van der Waals surface area contributed by atoms with Crippen molar-refractivity contribution in [2.45, 2.75) is 26.1 Å². The Balaban J connectivity index is 1.85. The second-order valence-electron chi connectivity index (χ2n) is 5.75. The van der Waals surface area contributed by atoms with Gasteiger partial charge >= 0.3 is 0 Å². The van der Waals surface area contributed by atoms with Crippen LogP contribution in [0.1, 0.15) is 13.3 Å². The van der Waals surface area contributed by atoms with Crippen molar-refractivity contribution in [1.82, 2.24) is 19.2 Å². The minimum atomic E-state index is -2.89. The first-order valence-corrected chi connectivity index (χ1v) is 10.6. The quantitative estimate of drug-likeness (QED) is 0.753. The molecule has 0 amide bonds. The van der Waals surface area contributed by atoms with E-state index in [0.717, 1.165) is 17.2 Å². The standard InChI is InChI=1S/C14H20N4O2S3/c1-3-17(11-6-8-23(19,20)9-11)10-18-14(21)16(2)13(15-18)12-5-4-7-22-12/h4-5,7,11H,3,6,8-10H2,1-2H3/t11-/m1/s1. The van der Waals surface area contributed by atoms with Crippen molar-refractivity contribution in [2.75, 3.05) is 18.1 Å². The molecule has 1 aliphatic heterocycles. The summed E-state index contributed by atoms with van der Waals surface area (Å²) in [7, 11) is -0.978. The number of rotatable bonds is 5. The maximum Gasteiger partial charge on any atom is 0.199 e. The summed E-state index contributed by atoms with van der Waals surface area (Å²) in [5.41, 5.74) is 0. The number of sulfone groups is 1. The normalized spacial score (nSPS) is 20.4. The van der Waals surface area contributed by atoms with Gasteiger partial charge in [0.1, 0.15) is 0 Å². The van der Waals surface area contributed by atoms with E-state index in [4.69, 9.17) is 12.2 Å². The number of hydrogen-bond acceptors (Lipinski definition) is 6. The molecule has 23 heavy (non-hydrogen) atoms. The third-order valence-electron chi connectivity index (χ3n) is 4.23. The molecule has 1 aliphatic rings. The molecule has 0 bridgehead atoms. The van der Waals surface area contributed by atoms with Gasteiger partial charge in [0.15, 0.2) is 20.4 Å². The van der Waals surface area contributed by atoms with Crippen molar-refractivity contribution in [1.29, 1.82) is 0 Å². The molecule has 0 aliphatic carbocycles.